The summed E-state index contributed by atoms with van der Waals surface area (Å²) >= 11 is 7.08. The number of halogens is 2. The number of nitrogens with two attached hydrogens (primary N) is 1. The molecule has 0 unspecified atom stereocenters. The Morgan fingerprint density at radius 1 is 1.28 bits per heavy atom. The lowest BCUT2D eigenvalue weighted by molar-refractivity contribution is -0.117. The SMILES string of the molecule is NC(=O)CCSc1nc2ccccc2c(=O)n1-c1ccc(F)c(Cl)c1. The number of carbonyl (C=O) groups is 1. The second kappa shape index (κ2) is 7.25. The minimum atomic E-state index is -0.574. The van der Waals surface area contributed by atoms with Gasteiger partial charge in [-0.1, -0.05) is 35.5 Å². The first-order chi connectivity index (χ1) is 12.0. The minimum Gasteiger partial charge on any atom is -0.370 e. The highest BCUT2D eigenvalue weighted by Gasteiger charge is 2.14. The number of carbonyl (C=O) groups excluding carboxylic acids is 1. The average Bonchev–Trinajstić information content (AvgIpc) is 2.58. The number of fused-ring (bicyclic) bond motifs is 1. The quantitative estimate of drug-likeness (QED) is 0.547. The van der Waals surface area contributed by atoms with Crippen LogP contribution in [0.4, 0.5) is 4.39 Å². The zero-order chi connectivity index (χ0) is 18.0. The van der Waals surface area contributed by atoms with Crippen molar-refractivity contribution in [3.8, 4) is 5.69 Å². The molecule has 0 spiro atoms. The maximum absolute atomic E-state index is 13.5. The van der Waals surface area contributed by atoms with E-state index in [9.17, 15) is 14.0 Å². The normalized spacial score (nSPS) is 11.0. The summed E-state index contributed by atoms with van der Waals surface area (Å²) in [5.74, 6) is -0.642. The van der Waals surface area contributed by atoms with E-state index in [2.05, 4.69) is 4.98 Å². The maximum Gasteiger partial charge on any atom is 0.266 e. The van der Waals surface area contributed by atoms with Gasteiger partial charge in [0.15, 0.2) is 5.16 Å². The van der Waals surface area contributed by atoms with Crippen LogP contribution < -0.4 is 11.3 Å². The van der Waals surface area contributed by atoms with E-state index in [-0.39, 0.29) is 17.0 Å². The lowest BCUT2D eigenvalue weighted by atomic mass is 10.2. The third-order valence-corrected chi connectivity index (χ3v) is 4.72. The van der Waals surface area contributed by atoms with E-state index in [1.807, 2.05) is 0 Å². The molecule has 0 fully saturated rings. The Bertz CT molecular complexity index is 1020. The lowest BCUT2D eigenvalue weighted by Gasteiger charge is -2.13. The lowest BCUT2D eigenvalue weighted by Crippen LogP contribution is -2.22. The summed E-state index contributed by atoms with van der Waals surface area (Å²) in [6, 6.07) is 10.9. The molecule has 1 aromatic heterocycles. The van der Waals surface area contributed by atoms with Crippen LogP contribution in [0.2, 0.25) is 5.02 Å². The van der Waals surface area contributed by atoms with E-state index >= 15 is 0 Å². The van der Waals surface area contributed by atoms with Gasteiger partial charge in [0.1, 0.15) is 5.82 Å². The second-order valence-electron chi connectivity index (χ2n) is 5.22. The zero-order valence-electron chi connectivity index (χ0n) is 12.9. The van der Waals surface area contributed by atoms with Crippen LogP contribution in [0, 0.1) is 5.82 Å². The van der Waals surface area contributed by atoms with Gasteiger partial charge in [-0.05, 0) is 30.3 Å². The van der Waals surface area contributed by atoms with Crippen LogP contribution in [0.5, 0.6) is 0 Å². The number of benzene rings is 2. The third-order valence-electron chi connectivity index (χ3n) is 3.49. The molecule has 128 valence electrons. The van der Waals surface area contributed by atoms with Gasteiger partial charge in [-0.25, -0.2) is 9.37 Å². The first-order valence-electron chi connectivity index (χ1n) is 7.35. The Morgan fingerprint density at radius 3 is 2.76 bits per heavy atom. The van der Waals surface area contributed by atoms with Crippen LogP contribution in [0.15, 0.2) is 52.4 Å². The third kappa shape index (κ3) is 3.67. The van der Waals surface area contributed by atoms with Crippen LogP contribution in [0.25, 0.3) is 16.6 Å². The number of hydrogen-bond donors (Lipinski definition) is 1. The summed E-state index contributed by atoms with van der Waals surface area (Å²) in [6.07, 6.45) is 0.150. The summed E-state index contributed by atoms with van der Waals surface area (Å²) in [5, 5.41) is 0.723. The number of aromatic nitrogens is 2. The van der Waals surface area contributed by atoms with Crippen LogP contribution in [-0.2, 0) is 4.79 Å². The van der Waals surface area contributed by atoms with Crippen LogP contribution >= 0.6 is 23.4 Å². The summed E-state index contributed by atoms with van der Waals surface area (Å²) in [4.78, 5) is 28.4. The number of hydrogen-bond acceptors (Lipinski definition) is 4. The van der Waals surface area contributed by atoms with Gasteiger partial charge in [-0.2, -0.15) is 0 Å². The Kier molecular flexibility index (Phi) is 5.06. The molecule has 1 heterocycles. The molecule has 1 amide bonds. The fourth-order valence-corrected chi connectivity index (χ4v) is 3.44. The van der Waals surface area contributed by atoms with Crippen molar-refractivity contribution in [1.29, 1.82) is 0 Å². The van der Waals surface area contributed by atoms with E-state index in [1.54, 1.807) is 24.3 Å². The Labute approximate surface area is 151 Å². The van der Waals surface area contributed by atoms with E-state index in [0.717, 1.165) is 0 Å². The highest BCUT2D eigenvalue weighted by atomic mass is 35.5. The minimum absolute atomic E-state index is 0.0920. The number of primary amides is 1. The number of amides is 1. The van der Waals surface area contributed by atoms with E-state index in [0.29, 0.717) is 27.5 Å². The standard InChI is InChI=1S/C17H13ClFN3O2S/c18-12-9-10(5-6-13(12)19)22-16(24)11-3-1-2-4-14(11)21-17(22)25-8-7-15(20)23/h1-6,9H,7-8H2,(H2,20,23). The molecule has 0 aliphatic rings. The van der Waals surface area contributed by atoms with Gasteiger partial charge < -0.3 is 5.73 Å². The number of para-hydroxylation sites is 1. The molecule has 2 aromatic carbocycles. The van der Waals surface area contributed by atoms with Crippen LogP contribution in [0.1, 0.15) is 6.42 Å². The Hall–Kier alpha value is -2.38. The van der Waals surface area contributed by atoms with Crippen molar-refractivity contribution in [3.05, 3.63) is 63.7 Å². The van der Waals surface area contributed by atoms with E-state index in [4.69, 9.17) is 17.3 Å². The zero-order valence-corrected chi connectivity index (χ0v) is 14.5. The molecule has 0 radical (unpaired) electrons. The first-order valence-corrected chi connectivity index (χ1v) is 8.72. The molecule has 0 aliphatic carbocycles. The van der Waals surface area contributed by atoms with Crippen molar-refractivity contribution in [2.45, 2.75) is 11.6 Å². The number of nitrogens with zero attached hydrogens (tertiary/aromatic N) is 2. The van der Waals surface area contributed by atoms with Crippen molar-refractivity contribution in [2.24, 2.45) is 5.73 Å². The van der Waals surface area contributed by atoms with Gasteiger partial charge in [-0.3, -0.25) is 14.2 Å². The van der Waals surface area contributed by atoms with Gasteiger partial charge in [0, 0.05) is 12.2 Å². The molecule has 8 heteroatoms. The smallest absolute Gasteiger partial charge is 0.266 e. The molecular weight excluding hydrogens is 365 g/mol. The highest BCUT2D eigenvalue weighted by Crippen LogP contribution is 2.24. The van der Waals surface area contributed by atoms with Crippen molar-refractivity contribution >= 4 is 40.2 Å². The van der Waals surface area contributed by atoms with Crippen molar-refractivity contribution in [3.63, 3.8) is 0 Å². The molecule has 25 heavy (non-hydrogen) atoms. The highest BCUT2D eigenvalue weighted by molar-refractivity contribution is 7.99. The molecule has 0 bridgehead atoms. The fraction of sp³-hybridized carbons (Fsp3) is 0.118. The summed E-state index contributed by atoms with van der Waals surface area (Å²) in [7, 11) is 0. The van der Waals surface area contributed by atoms with Gasteiger partial charge in [0.25, 0.3) is 5.56 Å². The predicted octanol–water partition coefficient (Wildman–Crippen LogP) is 3.15. The topological polar surface area (TPSA) is 78.0 Å². The monoisotopic (exact) mass is 377 g/mol. The number of thioether (sulfide) groups is 1. The molecule has 0 aliphatic heterocycles. The largest absolute Gasteiger partial charge is 0.370 e. The van der Waals surface area contributed by atoms with Gasteiger partial charge >= 0.3 is 0 Å². The molecular formula is C17H13ClFN3O2S. The number of rotatable bonds is 5. The fourth-order valence-electron chi connectivity index (χ4n) is 2.30. The van der Waals surface area contributed by atoms with Gasteiger partial charge in [0.2, 0.25) is 5.91 Å². The summed E-state index contributed by atoms with van der Waals surface area (Å²) in [5.41, 5.74) is 5.81. The van der Waals surface area contributed by atoms with Crippen molar-refractivity contribution in [1.82, 2.24) is 9.55 Å². The predicted molar refractivity (Wildman–Crippen MR) is 96.8 cm³/mol. The van der Waals surface area contributed by atoms with E-state index in [1.165, 1.54) is 34.5 Å². The van der Waals surface area contributed by atoms with Crippen LogP contribution in [0.3, 0.4) is 0 Å². The van der Waals surface area contributed by atoms with Crippen LogP contribution in [-0.4, -0.2) is 21.2 Å². The van der Waals surface area contributed by atoms with Gasteiger partial charge in [0.05, 0.1) is 21.6 Å². The second-order valence-corrected chi connectivity index (χ2v) is 6.68. The average molecular weight is 378 g/mol. The first kappa shape index (κ1) is 17.4. The molecule has 2 N–H and O–H groups in total. The molecule has 3 rings (SSSR count). The molecule has 0 saturated heterocycles. The van der Waals surface area contributed by atoms with Gasteiger partial charge in [-0.15, -0.1) is 0 Å². The molecule has 0 saturated carbocycles. The molecule has 5 nitrogen and oxygen atoms in total. The maximum atomic E-state index is 13.5. The molecule has 0 atom stereocenters. The van der Waals surface area contributed by atoms with E-state index < -0.39 is 11.7 Å². The Balaban J connectivity index is 2.18. The summed E-state index contributed by atoms with van der Waals surface area (Å²) in [6.45, 7) is 0. The summed E-state index contributed by atoms with van der Waals surface area (Å²) < 4.78 is 14.8. The van der Waals surface area contributed by atoms with Crippen molar-refractivity contribution in [2.75, 3.05) is 5.75 Å². The molecule has 3 aromatic rings. The van der Waals surface area contributed by atoms with Crippen molar-refractivity contribution < 1.29 is 9.18 Å². The Morgan fingerprint density at radius 2 is 2.04 bits per heavy atom.